The highest BCUT2D eigenvalue weighted by Gasteiger charge is 2.31. The molecule has 120 valence electrons. The molecule has 0 aromatic carbocycles. The Bertz CT molecular complexity index is 393. The fourth-order valence-electron chi connectivity index (χ4n) is 1.94. The van der Waals surface area contributed by atoms with Crippen LogP contribution in [0.3, 0.4) is 0 Å². The van der Waals surface area contributed by atoms with Crippen LogP contribution in [0.25, 0.3) is 0 Å². The molecular formula is C14H23NO6. The highest BCUT2D eigenvalue weighted by atomic mass is 16.7. The second kappa shape index (κ2) is 7.28. The lowest BCUT2D eigenvalue weighted by molar-refractivity contribution is -0.146. The van der Waals surface area contributed by atoms with Gasteiger partial charge in [-0.2, -0.15) is 0 Å². The first-order valence-corrected chi connectivity index (χ1v) is 7.09. The van der Waals surface area contributed by atoms with Gasteiger partial charge >= 0.3 is 18.2 Å². The zero-order chi connectivity index (χ0) is 16.0. The third kappa shape index (κ3) is 6.01. The second-order valence-electron chi connectivity index (χ2n) is 5.85. The molecule has 0 N–H and O–H groups in total. The number of carbonyl (C=O) groups excluding carboxylic acids is 3. The molecule has 0 atom stereocenters. The Morgan fingerprint density at radius 3 is 2.19 bits per heavy atom. The van der Waals surface area contributed by atoms with Crippen LogP contribution in [0.4, 0.5) is 9.59 Å². The van der Waals surface area contributed by atoms with Crippen molar-refractivity contribution < 1.29 is 28.6 Å². The van der Waals surface area contributed by atoms with Crippen LogP contribution in [0.15, 0.2) is 0 Å². The summed E-state index contributed by atoms with van der Waals surface area (Å²) in [5.41, 5.74) is -0.545. The largest absolute Gasteiger partial charge is 0.516 e. The maximum Gasteiger partial charge on any atom is 0.516 e. The quantitative estimate of drug-likeness (QED) is 0.575. The molecule has 7 heteroatoms. The normalized spacial score (nSPS) is 16.3. The van der Waals surface area contributed by atoms with Crippen LogP contribution < -0.4 is 0 Å². The van der Waals surface area contributed by atoms with Gasteiger partial charge in [0.1, 0.15) is 5.60 Å². The molecule has 0 aliphatic carbocycles. The first-order chi connectivity index (χ1) is 9.73. The van der Waals surface area contributed by atoms with E-state index >= 15 is 0 Å². The molecule has 1 heterocycles. The molecule has 0 aromatic rings. The van der Waals surface area contributed by atoms with Crippen molar-refractivity contribution in [1.29, 1.82) is 0 Å². The minimum atomic E-state index is -0.975. The van der Waals surface area contributed by atoms with Crippen LogP contribution in [0.1, 0.15) is 40.5 Å². The lowest BCUT2D eigenvalue weighted by Crippen LogP contribution is -2.43. The van der Waals surface area contributed by atoms with Crippen LogP contribution in [0, 0.1) is 5.92 Å². The number of nitrogens with zero attached hydrogens (tertiary/aromatic N) is 1. The molecule has 1 rings (SSSR count). The number of piperidine rings is 1. The second-order valence-corrected chi connectivity index (χ2v) is 5.85. The van der Waals surface area contributed by atoms with Crippen LogP contribution in [-0.4, -0.2) is 48.4 Å². The summed E-state index contributed by atoms with van der Waals surface area (Å²) in [5.74, 6) is -0.995. The molecule has 1 saturated heterocycles. The van der Waals surface area contributed by atoms with E-state index in [2.05, 4.69) is 9.47 Å². The molecule has 7 nitrogen and oxygen atoms in total. The molecule has 0 radical (unpaired) electrons. The number of likely N-dealkylation sites (tertiary alicyclic amines) is 1. The molecular weight excluding hydrogens is 278 g/mol. The summed E-state index contributed by atoms with van der Waals surface area (Å²) in [6, 6.07) is 0. The zero-order valence-electron chi connectivity index (χ0n) is 13.0. The zero-order valence-corrected chi connectivity index (χ0v) is 13.0. The van der Waals surface area contributed by atoms with Crippen molar-refractivity contribution in [2.24, 2.45) is 5.92 Å². The van der Waals surface area contributed by atoms with Gasteiger partial charge in [0.05, 0.1) is 12.5 Å². The van der Waals surface area contributed by atoms with Gasteiger partial charge in [0.2, 0.25) is 0 Å². The number of esters is 1. The van der Waals surface area contributed by atoms with E-state index < -0.39 is 23.6 Å². The number of rotatable bonds is 2. The first-order valence-electron chi connectivity index (χ1n) is 7.09. The van der Waals surface area contributed by atoms with Crippen LogP contribution >= 0.6 is 0 Å². The van der Waals surface area contributed by atoms with Gasteiger partial charge in [-0.3, -0.25) is 4.79 Å². The molecule has 1 fully saturated rings. The summed E-state index contributed by atoms with van der Waals surface area (Å²) in [5, 5.41) is 0. The Morgan fingerprint density at radius 2 is 1.71 bits per heavy atom. The fraction of sp³-hybridized carbons (Fsp3) is 0.786. The highest BCUT2D eigenvalue weighted by Crippen LogP contribution is 2.21. The number of carbonyl (C=O) groups is 3. The van der Waals surface area contributed by atoms with Crippen molar-refractivity contribution in [3.8, 4) is 0 Å². The van der Waals surface area contributed by atoms with Crippen molar-refractivity contribution in [2.75, 3.05) is 19.7 Å². The van der Waals surface area contributed by atoms with E-state index in [-0.39, 0.29) is 12.7 Å². The Morgan fingerprint density at radius 1 is 1.14 bits per heavy atom. The minimum Gasteiger partial charge on any atom is -0.444 e. The van der Waals surface area contributed by atoms with Crippen LogP contribution in [0.5, 0.6) is 0 Å². The maximum absolute atomic E-state index is 11.9. The molecule has 0 spiro atoms. The Hall–Kier alpha value is -1.79. The maximum atomic E-state index is 11.9. The number of hydrogen-bond donors (Lipinski definition) is 0. The lowest BCUT2D eigenvalue weighted by Gasteiger charge is -2.32. The number of ether oxygens (including phenoxy) is 3. The third-order valence-electron chi connectivity index (χ3n) is 2.93. The predicted molar refractivity (Wildman–Crippen MR) is 73.6 cm³/mol. The van der Waals surface area contributed by atoms with E-state index in [0.29, 0.717) is 25.9 Å². The molecule has 21 heavy (non-hydrogen) atoms. The van der Waals surface area contributed by atoms with Crippen molar-refractivity contribution in [3.63, 3.8) is 0 Å². The van der Waals surface area contributed by atoms with Gasteiger partial charge in [0, 0.05) is 13.1 Å². The van der Waals surface area contributed by atoms with Gasteiger partial charge in [-0.1, -0.05) is 0 Å². The Labute approximate surface area is 124 Å². The smallest absolute Gasteiger partial charge is 0.444 e. The van der Waals surface area contributed by atoms with Crippen LogP contribution in [-0.2, 0) is 19.0 Å². The van der Waals surface area contributed by atoms with Gasteiger partial charge in [-0.15, -0.1) is 0 Å². The Kier molecular flexibility index (Phi) is 5.99. The molecule has 1 aliphatic rings. The van der Waals surface area contributed by atoms with Crippen molar-refractivity contribution in [3.05, 3.63) is 0 Å². The predicted octanol–water partition coefficient (Wildman–Crippen LogP) is 2.33. The summed E-state index contributed by atoms with van der Waals surface area (Å²) in [6.07, 6.45) is -0.480. The fourth-order valence-corrected chi connectivity index (χ4v) is 1.94. The highest BCUT2D eigenvalue weighted by molar-refractivity contribution is 5.83. The van der Waals surface area contributed by atoms with Gasteiger partial charge in [-0.05, 0) is 40.5 Å². The van der Waals surface area contributed by atoms with E-state index in [1.54, 1.807) is 32.6 Å². The van der Waals surface area contributed by atoms with Crippen molar-refractivity contribution in [1.82, 2.24) is 4.90 Å². The average Bonchev–Trinajstić information content (AvgIpc) is 2.37. The van der Waals surface area contributed by atoms with Gasteiger partial charge < -0.3 is 19.1 Å². The molecule has 0 saturated carbocycles. The van der Waals surface area contributed by atoms with Crippen molar-refractivity contribution >= 4 is 18.2 Å². The molecule has 0 aromatic heterocycles. The number of hydrogen-bond acceptors (Lipinski definition) is 6. The molecule has 1 amide bonds. The monoisotopic (exact) mass is 301 g/mol. The van der Waals surface area contributed by atoms with Gasteiger partial charge in [-0.25, -0.2) is 9.59 Å². The van der Waals surface area contributed by atoms with Gasteiger partial charge in [0.25, 0.3) is 0 Å². The van der Waals surface area contributed by atoms with E-state index in [4.69, 9.17) is 4.74 Å². The summed E-state index contributed by atoms with van der Waals surface area (Å²) in [7, 11) is 0. The van der Waals surface area contributed by atoms with E-state index in [1.807, 2.05) is 0 Å². The summed E-state index contributed by atoms with van der Waals surface area (Å²) >= 11 is 0. The van der Waals surface area contributed by atoms with Crippen molar-refractivity contribution in [2.45, 2.75) is 46.1 Å². The number of amides is 1. The van der Waals surface area contributed by atoms with Crippen LogP contribution in [0.2, 0.25) is 0 Å². The summed E-state index contributed by atoms with van der Waals surface area (Å²) in [4.78, 5) is 36.2. The minimum absolute atomic E-state index is 0.156. The van der Waals surface area contributed by atoms with E-state index in [9.17, 15) is 14.4 Å². The molecule has 1 aliphatic heterocycles. The standard InChI is InChI=1S/C14H23NO6/c1-5-19-13(18)20-11(16)10-6-8-15(9-7-10)12(17)21-14(2,3)4/h10H,5-9H2,1-4H3. The molecule has 0 bridgehead atoms. The molecule has 0 unspecified atom stereocenters. The summed E-state index contributed by atoms with van der Waals surface area (Å²) in [6.45, 7) is 7.99. The lowest BCUT2D eigenvalue weighted by atomic mass is 9.97. The average molecular weight is 301 g/mol. The summed E-state index contributed by atoms with van der Waals surface area (Å²) < 4.78 is 14.4. The Balaban J connectivity index is 2.40. The van der Waals surface area contributed by atoms with E-state index in [1.165, 1.54) is 0 Å². The first kappa shape index (κ1) is 17.3. The van der Waals surface area contributed by atoms with Gasteiger partial charge in [0.15, 0.2) is 0 Å². The topological polar surface area (TPSA) is 82.1 Å². The SMILES string of the molecule is CCOC(=O)OC(=O)C1CCN(C(=O)OC(C)(C)C)CC1. The van der Waals surface area contributed by atoms with E-state index in [0.717, 1.165) is 0 Å². The third-order valence-corrected chi connectivity index (χ3v) is 2.93.